The molecule has 0 radical (unpaired) electrons. The van der Waals surface area contributed by atoms with Crippen molar-refractivity contribution in [1.29, 1.82) is 0 Å². The average Bonchev–Trinajstić information content (AvgIpc) is 3.17. The van der Waals surface area contributed by atoms with Crippen molar-refractivity contribution in [2.24, 2.45) is 0 Å². The van der Waals surface area contributed by atoms with Gasteiger partial charge in [-0.3, -0.25) is 4.98 Å². The van der Waals surface area contributed by atoms with Crippen molar-refractivity contribution in [3.8, 4) is 22.4 Å². The first-order chi connectivity index (χ1) is 23.7. The van der Waals surface area contributed by atoms with Gasteiger partial charge in [0.25, 0.3) is 0 Å². The number of hydrogen-bond acceptors (Lipinski definition) is 3. The molecule has 0 aliphatic carbocycles. The second-order valence-electron chi connectivity index (χ2n) is 12.1. The van der Waals surface area contributed by atoms with E-state index in [-0.39, 0.29) is 0 Å². The van der Waals surface area contributed by atoms with Gasteiger partial charge in [0.1, 0.15) is 0 Å². The molecule has 2 aromatic heterocycles. The number of nitrogens with zero attached hydrogens (tertiary/aromatic N) is 2. The van der Waals surface area contributed by atoms with Gasteiger partial charge >= 0.3 is 0 Å². The van der Waals surface area contributed by atoms with E-state index in [4.69, 9.17) is 4.98 Å². The Morgan fingerprint density at radius 1 is 0.417 bits per heavy atom. The summed E-state index contributed by atoms with van der Waals surface area (Å²) in [6.07, 6.45) is 1.83. The molecule has 0 fully saturated rings. The molecule has 0 aliphatic heterocycles. The van der Waals surface area contributed by atoms with Crippen LogP contribution in [0.3, 0.4) is 0 Å². The third kappa shape index (κ3) is 4.63. The van der Waals surface area contributed by atoms with Gasteiger partial charge in [0.15, 0.2) is 7.14 Å². The van der Waals surface area contributed by atoms with Crippen LogP contribution in [0.15, 0.2) is 176 Å². The van der Waals surface area contributed by atoms with Crippen molar-refractivity contribution < 1.29 is 4.57 Å². The zero-order valence-corrected chi connectivity index (χ0v) is 26.9. The van der Waals surface area contributed by atoms with E-state index in [1.165, 1.54) is 5.39 Å². The summed E-state index contributed by atoms with van der Waals surface area (Å²) in [5, 5.41) is 9.15. The molecule has 0 unspecified atom stereocenters. The fourth-order valence-corrected chi connectivity index (χ4v) is 9.65. The molecule has 2 heterocycles. The number of rotatable bonds is 5. The molecule has 0 atom stereocenters. The third-order valence-electron chi connectivity index (χ3n) is 9.37. The molecule has 0 amide bonds. The van der Waals surface area contributed by atoms with Crippen molar-refractivity contribution in [2.75, 3.05) is 0 Å². The Bertz CT molecular complexity index is 2660. The van der Waals surface area contributed by atoms with Crippen LogP contribution in [0, 0.1) is 0 Å². The Kier molecular flexibility index (Phi) is 6.74. The van der Waals surface area contributed by atoms with Crippen molar-refractivity contribution in [3.05, 3.63) is 176 Å². The maximum Gasteiger partial charge on any atom is 0.171 e. The van der Waals surface area contributed by atoms with Crippen LogP contribution in [0.1, 0.15) is 0 Å². The van der Waals surface area contributed by atoms with Gasteiger partial charge in [-0.15, -0.1) is 0 Å². The molecule has 9 aromatic rings. The minimum Gasteiger partial charge on any atom is -0.309 e. The fourth-order valence-electron chi connectivity index (χ4n) is 6.97. The van der Waals surface area contributed by atoms with Crippen LogP contribution in [-0.4, -0.2) is 9.97 Å². The summed E-state index contributed by atoms with van der Waals surface area (Å²) in [5.74, 6) is 0. The lowest BCUT2D eigenvalue weighted by atomic mass is 9.92. The van der Waals surface area contributed by atoms with Crippen LogP contribution < -0.4 is 15.9 Å². The topological polar surface area (TPSA) is 42.9 Å². The largest absolute Gasteiger partial charge is 0.309 e. The zero-order chi connectivity index (χ0) is 32.1. The third-order valence-corrected chi connectivity index (χ3v) is 12.4. The van der Waals surface area contributed by atoms with Gasteiger partial charge in [0.05, 0.1) is 16.7 Å². The Morgan fingerprint density at radius 2 is 1.00 bits per heavy atom. The van der Waals surface area contributed by atoms with Crippen molar-refractivity contribution >= 4 is 66.4 Å². The van der Waals surface area contributed by atoms with Gasteiger partial charge in [0.2, 0.25) is 0 Å². The molecule has 4 heteroatoms. The predicted octanol–water partition coefficient (Wildman–Crippen LogP) is 10.1. The molecule has 0 bridgehead atoms. The van der Waals surface area contributed by atoms with E-state index < -0.39 is 7.14 Å². The smallest absolute Gasteiger partial charge is 0.171 e. The molecule has 48 heavy (non-hydrogen) atoms. The number of pyridine rings is 2. The van der Waals surface area contributed by atoms with Crippen molar-refractivity contribution in [2.45, 2.75) is 0 Å². The average molecular weight is 633 g/mol. The van der Waals surface area contributed by atoms with Crippen LogP contribution >= 0.6 is 7.14 Å². The minimum atomic E-state index is -3.06. The summed E-state index contributed by atoms with van der Waals surface area (Å²) in [5.41, 5.74) is 6.14. The molecule has 3 nitrogen and oxygen atoms in total. The first kappa shape index (κ1) is 28.3. The van der Waals surface area contributed by atoms with E-state index >= 15 is 0 Å². The molecule has 9 rings (SSSR count). The number of benzene rings is 7. The summed E-state index contributed by atoms with van der Waals surface area (Å²) < 4.78 is 15.0. The van der Waals surface area contributed by atoms with E-state index in [0.717, 1.165) is 76.3 Å². The lowest BCUT2D eigenvalue weighted by Gasteiger charge is -2.20. The van der Waals surface area contributed by atoms with Crippen molar-refractivity contribution in [1.82, 2.24) is 9.97 Å². The van der Waals surface area contributed by atoms with Crippen LogP contribution in [0.4, 0.5) is 0 Å². The molecule has 0 aliphatic rings. The Hall–Kier alpha value is -5.89. The SMILES string of the molecule is O=P(c1ccccc1)(c1ccccc1)c1ccc2cc(-c3ccc(-c4ccc5ccc6cccnc6c5n4)c4ccccc34)ccc2c1. The highest BCUT2D eigenvalue weighted by molar-refractivity contribution is 7.85. The van der Waals surface area contributed by atoms with Gasteiger partial charge < -0.3 is 4.57 Å². The Balaban J connectivity index is 1.15. The monoisotopic (exact) mass is 632 g/mol. The van der Waals surface area contributed by atoms with Gasteiger partial charge in [-0.1, -0.05) is 146 Å². The van der Waals surface area contributed by atoms with Gasteiger partial charge in [-0.05, 0) is 56.9 Å². The van der Waals surface area contributed by atoms with Crippen LogP contribution in [0.2, 0.25) is 0 Å². The molecule has 0 N–H and O–H groups in total. The molecular weight excluding hydrogens is 603 g/mol. The van der Waals surface area contributed by atoms with E-state index in [9.17, 15) is 4.57 Å². The first-order valence-electron chi connectivity index (χ1n) is 16.1. The fraction of sp³-hybridized carbons (Fsp3) is 0. The second-order valence-corrected chi connectivity index (χ2v) is 14.9. The van der Waals surface area contributed by atoms with E-state index in [1.807, 2.05) is 79.0 Å². The molecular formula is C44H29N2OP. The molecule has 226 valence electrons. The molecule has 0 saturated heterocycles. The van der Waals surface area contributed by atoms with Gasteiger partial charge in [-0.2, -0.15) is 0 Å². The van der Waals surface area contributed by atoms with E-state index in [1.54, 1.807) is 0 Å². The highest BCUT2D eigenvalue weighted by Gasteiger charge is 2.29. The van der Waals surface area contributed by atoms with E-state index in [2.05, 4.69) is 102 Å². The number of hydrogen-bond donors (Lipinski definition) is 0. The molecule has 0 spiro atoms. The molecule has 7 aromatic carbocycles. The summed E-state index contributed by atoms with van der Waals surface area (Å²) in [6, 6.07) is 58.0. The zero-order valence-electron chi connectivity index (χ0n) is 26.0. The van der Waals surface area contributed by atoms with Crippen LogP contribution in [0.25, 0.3) is 65.7 Å². The number of aromatic nitrogens is 2. The quantitative estimate of drug-likeness (QED) is 0.140. The molecule has 0 saturated carbocycles. The highest BCUT2D eigenvalue weighted by atomic mass is 31.2. The lowest BCUT2D eigenvalue weighted by Crippen LogP contribution is -2.24. The maximum atomic E-state index is 15.0. The van der Waals surface area contributed by atoms with Crippen molar-refractivity contribution in [3.63, 3.8) is 0 Å². The normalized spacial score (nSPS) is 11.8. The first-order valence-corrected chi connectivity index (χ1v) is 17.8. The maximum absolute atomic E-state index is 15.0. The Labute approximate surface area is 278 Å². The van der Waals surface area contributed by atoms with Crippen LogP contribution in [0.5, 0.6) is 0 Å². The standard InChI is InChI=1S/C44H29N2OP/c47-48(35-11-3-1-4-12-35,36-13-5-2-6-14-36)37-23-21-32-28-34(20-19-33(32)29-37)38-24-25-41(40-16-8-7-15-39(38)40)42-26-22-31-18-17-30-10-9-27-45-43(30)44(31)46-42/h1-29H. The van der Waals surface area contributed by atoms with E-state index in [0.29, 0.717) is 0 Å². The Morgan fingerprint density at radius 3 is 1.75 bits per heavy atom. The predicted molar refractivity (Wildman–Crippen MR) is 202 cm³/mol. The lowest BCUT2D eigenvalue weighted by molar-refractivity contribution is 0.592. The second kappa shape index (κ2) is 11.4. The summed E-state index contributed by atoms with van der Waals surface area (Å²) in [6.45, 7) is 0. The highest BCUT2D eigenvalue weighted by Crippen LogP contribution is 2.43. The van der Waals surface area contributed by atoms with Crippen LogP contribution in [-0.2, 0) is 4.57 Å². The number of fused-ring (bicyclic) bond motifs is 5. The van der Waals surface area contributed by atoms with Gasteiger partial charge in [0, 0.05) is 38.4 Å². The minimum absolute atomic E-state index is 0.834. The summed E-state index contributed by atoms with van der Waals surface area (Å²) in [7, 11) is -3.06. The summed E-state index contributed by atoms with van der Waals surface area (Å²) in [4.78, 5) is 9.81. The summed E-state index contributed by atoms with van der Waals surface area (Å²) >= 11 is 0. The van der Waals surface area contributed by atoms with Gasteiger partial charge in [-0.25, -0.2) is 4.98 Å².